The second kappa shape index (κ2) is 7.06. The summed E-state index contributed by atoms with van der Waals surface area (Å²) in [6.45, 7) is 6.79. The number of benzene rings is 1. The summed E-state index contributed by atoms with van der Waals surface area (Å²) in [5.41, 5.74) is 1.05. The maximum absolute atomic E-state index is 10.6. The van der Waals surface area contributed by atoms with Crippen molar-refractivity contribution < 1.29 is 5.11 Å². The van der Waals surface area contributed by atoms with Crippen LogP contribution in [0.25, 0.3) is 0 Å². The molecule has 0 saturated carbocycles. The molecule has 1 N–H and O–H groups in total. The monoisotopic (exact) mass is 261 g/mol. The van der Waals surface area contributed by atoms with E-state index in [4.69, 9.17) is 0 Å². The topological polar surface area (TPSA) is 23.5 Å². The Morgan fingerprint density at radius 3 is 2.63 bits per heavy atom. The second-order valence-corrected chi connectivity index (χ2v) is 5.90. The molecular formula is C17H27NO. The van der Waals surface area contributed by atoms with Crippen molar-refractivity contribution in [3.63, 3.8) is 0 Å². The average Bonchev–Trinajstić information content (AvgIpc) is 2.66. The van der Waals surface area contributed by atoms with Crippen molar-refractivity contribution in [3.8, 4) is 0 Å². The van der Waals surface area contributed by atoms with Crippen LogP contribution in [-0.2, 0) is 0 Å². The highest BCUT2D eigenvalue weighted by Crippen LogP contribution is 2.26. The Morgan fingerprint density at radius 2 is 1.95 bits per heavy atom. The third-order valence-electron chi connectivity index (χ3n) is 4.44. The largest absolute Gasteiger partial charge is 0.387 e. The van der Waals surface area contributed by atoms with Crippen LogP contribution in [-0.4, -0.2) is 29.1 Å². The second-order valence-electron chi connectivity index (χ2n) is 5.90. The van der Waals surface area contributed by atoms with Crippen molar-refractivity contribution >= 4 is 0 Å². The van der Waals surface area contributed by atoms with Gasteiger partial charge in [0, 0.05) is 6.04 Å². The van der Waals surface area contributed by atoms with E-state index in [1.807, 2.05) is 30.3 Å². The molecule has 1 aromatic rings. The predicted octanol–water partition coefficient (Wildman–Crippen LogP) is 3.62. The van der Waals surface area contributed by atoms with Gasteiger partial charge in [0.25, 0.3) is 0 Å². The molecule has 0 bridgehead atoms. The minimum atomic E-state index is -0.361. The lowest BCUT2D eigenvalue weighted by Crippen LogP contribution is -2.40. The lowest BCUT2D eigenvalue weighted by Gasteiger charge is -2.33. The molecule has 0 spiro atoms. The standard InChI is InChI=1S/C17H27NO/c1-3-16(17(19)15-9-5-4-6-10-15)18-12-7-8-14(2)11-13-18/h4-6,9-10,14,16-17,19H,3,7-8,11-13H2,1-2H3. The molecule has 2 nitrogen and oxygen atoms in total. The van der Waals surface area contributed by atoms with Crippen LogP contribution in [0.1, 0.15) is 51.2 Å². The molecule has 1 aromatic carbocycles. The molecule has 19 heavy (non-hydrogen) atoms. The first-order chi connectivity index (χ1) is 9.22. The Hall–Kier alpha value is -0.860. The fourth-order valence-electron chi connectivity index (χ4n) is 3.17. The van der Waals surface area contributed by atoms with E-state index < -0.39 is 0 Å². The molecular weight excluding hydrogens is 234 g/mol. The number of aliphatic hydroxyl groups is 1. The average molecular weight is 261 g/mol. The van der Waals surface area contributed by atoms with E-state index in [9.17, 15) is 5.11 Å². The Labute approximate surface area is 117 Å². The molecule has 0 aromatic heterocycles. The van der Waals surface area contributed by atoms with Crippen molar-refractivity contribution in [2.75, 3.05) is 13.1 Å². The fourth-order valence-corrected chi connectivity index (χ4v) is 3.17. The highest BCUT2D eigenvalue weighted by Gasteiger charge is 2.27. The minimum Gasteiger partial charge on any atom is -0.387 e. The maximum Gasteiger partial charge on any atom is 0.0945 e. The van der Waals surface area contributed by atoms with Gasteiger partial charge in [-0.25, -0.2) is 0 Å². The van der Waals surface area contributed by atoms with Gasteiger partial charge < -0.3 is 5.11 Å². The summed E-state index contributed by atoms with van der Waals surface area (Å²) in [6.07, 6.45) is 4.50. The summed E-state index contributed by atoms with van der Waals surface area (Å²) >= 11 is 0. The predicted molar refractivity (Wildman–Crippen MR) is 80.1 cm³/mol. The van der Waals surface area contributed by atoms with Crippen molar-refractivity contribution in [3.05, 3.63) is 35.9 Å². The summed E-state index contributed by atoms with van der Waals surface area (Å²) in [5, 5.41) is 10.6. The van der Waals surface area contributed by atoms with Crippen LogP contribution in [0.5, 0.6) is 0 Å². The van der Waals surface area contributed by atoms with Gasteiger partial charge in [0.2, 0.25) is 0 Å². The van der Waals surface area contributed by atoms with Crippen LogP contribution >= 0.6 is 0 Å². The zero-order valence-corrected chi connectivity index (χ0v) is 12.3. The molecule has 3 unspecified atom stereocenters. The van der Waals surface area contributed by atoms with Crippen LogP contribution in [0.4, 0.5) is 0 Å². The summed E-state index contributed by atoms with van der Waals surface area (Å²) < 4.78 is 0. The lowest BCUT2D eigenvalue weighted by atomic mass is 9.98. The molecule has 1 fully saturated rings. The number of hydrogen-bond donors (Lipinski definition) is 1. The van der Waals surface area contributed by atoms with Gasteiger partial charge in [-0.15, -0.1) is 0 Å². The first kappa shape index (κ1) is 14.5. The van der Waals surface area contributed by atoms with E-state index in [2.05, 4.69) is 18.7 Å². The van der Waals surface area contributed by atoms with Gasteiger partial charge in [-0.05, 0) is 50.3 Å². The molecule has 0 amide bonds. The van der Waals surface area contributed by atoms with E-state index in [-0.39, 0.29) is 12.1 Å². The van der Waals surface area contributed by atoms with Crippen LogP contribution in [0, 0.1) is 5.92 Å². The van der Waals surface area contributed by atoms with Gasteiger partial charge in [-0.2, -0.15) is 0 Å². The van der Waals surface area contributed by atoms with Crippen LogP contribution in [0.3, 0.4) is 0 Å². The first-order valence-corrected chi connectivity index (χ1v) is 7.69. The van der Waals surface area contributed by atoms with Crippen molar-refractivity contribution in [1.82, 2.24) is 4.90 Å². The first-order valence-electron chi connectivity index (χ1n) is 7.69. The number of likely N-dealkylation sites (tertiary alicyclic amines) is 1. The summed E-state index contributed by atoms with van der Waals surface area (Å²) in [7, 11) is 0. The summed E-state index contributed by atoms with van der Waals surface area (Å²) in [4.78, 5) is 2.50. The Kier molecular flexibility index (Phi) is 5.41. The number of rotatable bonds is 4. The molecule has 2 rings (SSSR count). The highest BCUT2D eigenvalue weighted by atomic mass is 16.3. The van der Waals surface area contributed by atoms with Crippen molar-refractivity contribution in [1.29, 1.82) is 0 Å². The zero-order valence-electron chi connectivity index (χ0n) is 12.3. The van der Waals surface area contributed by atoms with Crippen LogP contribution in [0.15, 0.2) is 30.3 Å². The Morgan fingerprint density at radius 1 is 1.21 bits per heavy atom. The van der Waals surface area contributed by atoms with Crippen LogP contribution < -0.4 is 0 Å². The summed E-state index contributed by atoms with van der Waals surface area (Å²) in [6, 6.07) is 10.4. The lowest BCUT2D eigenvalue weighted by molar-refractivity contribution is 0.0469. The van der Waals surface area contributed by atoms with Crippen LogP contribution in [0.2, 0.25) is 0 Å². The third-order valence-corrected chi connectivity index (χ3v) is 4.44. The molecule has 2 heteroatoms. The van der Waals surface area contributed by atoms with Gasteiger partial charge in [0.1, 0.15) is 0 Å². The SMILES string of the molecule is CCC(C(O)c1ccccc1)N1CCCC(C)CC1. The molecule has 1 saturated heterocycles. The van der Waals surface area contributed by atoms with E-state index in [0.717, 1.165) is 31.0 Å². The fraction of sp³-hybridized carbons (Fsp3) is 0.647. The van der Waals surface area contributed by atoms with E-state index in [0.29, 0.717) is 0 Å². The smallest absolute Gasteiger partial charge is 0.0945 e. The maximum atomic E-state index is 10.6. The van der Waals surface area contributed by atoms with E-state index in [1.54, 1.807) is 0 Å². The minimum absolute atomic E-state index is 0.257. The zero-order chi connectivity index (χ0) is 13.7. The molecule has 1 heterocycles. The van der Waals surface area contributed by atoms with Gasteiger partial charge in [-0.3, -0.25) is 4.90 Å². The number of hydrogen-bond acceptors (Lipinski definition) is 2. The third kappa shape index (κ3) is 3.80. The van der Waals surface area contributed by atoms with Gasteiger partial charge in [-0.1, -0.05) is 44.2 Å². The highest BCUT2D eigenvalue weighted by molar-refractivity contribution is 5.18. The van der Waals surface area contributed by atoms with Gasteiger partial charge in [0.05, 0.1) is 6.10 Å². The Bertz CT molecular complexity index is 365. The Balaban J connectivity index is 2.06. The molecule has 3 atom stereocenters. The summed E-state index contributed by atoms with van der Waals surface area (Å²) in [5.74, 6) is 0.830. The van der Waals surface area contributed by atoms with E-state index in [1.165, 1.54) is 19.3 Å². The van der Waals surface area contributed by atoms with E-state index >= 15 is 0 Å². The van der Waals surface area contributed by atoms with Gasteiger partial charge >= 0.3 is 0 Å². The number of aliphatic hydroxyl groups excluding tert-OH is 1. The molecule has 1 aliphatic rings. The number of nitrogens with zero attached hydrogens (tertiary/aromatic N) is 1. The quantitative estimate of drug-likeness (QED) is 0.895. The molecule has 0 radical (unpaired) electrons. The normalized spacial score (nSPS) is 24.7. The molecule has 1 aliphatic heterocycles. The van der Waals surface area contributed by atoms with Crippen molar-refractivity contribution in [2.45, 2.75) is 51.7 Å². The van der Waals surface area contributed by atoms with Gasteiger partial charge in [0.15, 0.2) is 0 Å². The molecule has 106 valence electrons. The van der Waals surface area contributed by atoms with Crippen molar-refractivity contribution in [2.24, 2.45) is 5.92 Å². The molecule has 0 aliphatic carbocycles.